The Morgan fingerprint density at radius 2 is 2.32 bits per heavy atom. The molecule has 1 unspecified atom stereocenters. The first-order valence-electron chi connectivity index (χ1n) is 6.73. The summed E-state index contributed by atoms with van der Waals surface area (Å²) in [6, 6.07) is 6.17. The average Bonchev–Trinajstić information content (AvgIpc) is 2.38. The Morgan fingerprint density at radius 1 is 1.53 bits per heavy atom. The average molecular weight is 262 g/mol. The number of nitrogens with one attached hydrogen (secondary N) is 1. The van der Waals surface area contributed by atoms with Crippen molar-refractivity contribution < 1.29 is 9.53 Å². The fourth-order valence-corrected chi connectivity index (χ4v) is 2.52. The molecule has 0 spiro atoms. The van der Waals surface area contributed by atoms with Gasteiger partial charge < -0.3 is 10.1 Å². The Balaban J connectivity index is 2.17. The van der Waals surface area contributed by atoms with Crippen LogP contribution in [0, 0.1) is 0 Å². The normalized spacial score (nSPS) is 20.3. The number of carbonyl (C=O) groups excluding carboxylic acids is 1. The van der Waals surface area contributed by atoms with E-state index in [0.29, 0.717) is 6.04 Å². The SMILES string of the molecule is COc1ccc(C(C)=O)cc1CN1CCNC(C)C1. The number of ketones is 1. The number of hydrogen-bond acceptors (Lipinski definition) is 4. The monoisotopic (exact) mass is 262 g/mol. The molecular formula is C15H22N2O2. The van der Waals surface area contributed by atoms with E-state index in [4.69, 9.17) is 4.74 Å². The van der Waals surface area contributed by atoms with E-state index in [1.54, 1.807) is 14.0 Å². The predicted molar refractivity (Wildman–Crippen MR) is 75.7 cm³/mol. The van der Waals surface area contributed by atoms with Crippen LogP contribution in [0.3, 0.4) is 0 Å². The van der Waals surface area contributed by atoms with Crippen molar-refractivity contribution >= 4 is 5.78 Å². The third-order valence-corrected chi connectivity index (χ3v) is 3.53. The smallest absolute Gasteiger partial charge is 0.159 e. The van der Waals surface area contributed by atoms with E-state index in [0.717, 1.165) is 43.1 Å². The standard InChI is InChI=1S/C15H22N2O2/c1-11-9-17(7-6-16-11)10-14-8-13(12(2)18)4-5-15(14)19-3/h4-5,8,11,16H,6-7,9-10H2,1-3H3. The molecule has 0 aliphatic carbocycles. The Bertz CT molecular complexity index is 459. The highest BCUT2D eigenvalue weighted by atomic mass is 16.5. The highest BCUT2D eigenvalue weighted by Crippen LogP contribution is 2.22. The lowest BCUT2D eigenvalue weighted by atomic mass is 10.1. The molecule has 104 valence electrons. The summed E-state index contributed by atoms with van der Waals surface area (Å²) in [5, 5.41) is 3.43. The second kappa shape index (κ2) is 6.17. The van der Waals surface area contributed by atoms with Gasteiger partial charge >= 0.3 is 0 Å². The number of Topliss-reactive ketones (excluding diaryl/α,β-unsaturated/α-hetero) is 1. The van der Waals surface area contributed by atoms with Gasteiger partial charge in [0.15, 0.2) is 5.78 Å². The molecule has 2 rings (SSSR count). The van der Waals surface area contributed by atoms with Crippen LogP contribution < -0.4 is 10.1 Å². The number of ether oxygens (including phenoxy) is 1. The van der Waals surface area contributed by atoms with Gasteiger partial charge in [0.05, 0.1) is 7.11 Å². The van der Waals surface area contributed by atoms with Crippen LogP contribution in [-0.4, -0.2) is 43.5 Å². The molecule has 1 aromatic carbocycles. The van der Waals surface area contributed by atoms with Crippen LogP contribution in [0.15, 0.2) is 18.2 Å². The van der Waals surface area contributed by atoms with Crippen LogP contribution in [0.5, 0.6) is 5.75 Å². The lowest BCUT2D eigenvalue weighted by Crippen LogP contribution is -2.48. The molecule has 0 aromatic heterocycles. The van der Waals surface area contributed by atoms with Crippen molar-refractivity contribution in [2.24, 2.45) is 0 Å². The highest BCUT2D eigenvalue weighted by molar-refractivity contribution is 5.94. The van der Waals surface area contributed by atoms with Gasteiger partial charge in [0, 0.05) is 43.3 Å². The summed E-state index contributed by atoms with van der Waals surface area (Å²) >= 11 is 0. The van der Waals surface area contributed by atoms with Gasteiger partial charge in [0.25, 0.3) is 0 Å². The second-order valence-corrected chi connectivity index (χ2v) is 5.17. The zero-order valence-electron chi connectivity index (χ0n) is 11.9. The molecule has 0 saturated carbocycles. The van der Waals surface area contributed by atoms with E-state index >= 15 is 0 Å². The minimum atomic E-state index is 0.0950. The topological polar surface area (TPSA) is 41.6 Å². The van der Waals surface area contributed by atoms with Crippen molar-refractivity contribution in [3.63, 3.8) is 0 Å². The van der Waals surface area contributed by atoms with Gasteiger partial charge in [-0.2, -0.15) is 0 Å². The molecule has 0 bridgehead atoms. The van der Waals surface area contributed by atoms with Gasteiger partial charge in [0.1, 0.15) is 5.75 Å². The van der Waals surface area contributed by atoms with Gasteiger partial charge in [-0.1, -0.05) is 0 Å². The van der Waals surface area contributed by atoms with Gasteiger partial charge in [-0.3, -0.25) is 9.69 Å². The van der Waals surface area contributed by atoms with Crippen molar-refractivity contribution in [1.29, 1.82) is 0 Å². The number of benzene rings is 1. The number of nitrogens with zero attached hydrogens (tertiary/aromatic N) is 1. The van der Waals surface area contributed by atoms with Crippen LogP contribution in [0.2, 0.25) is 0 Å². The fraction of sp³-hybridized carbons (Fsp3) is 0.533. The molecule has 1 aliphatic rings. The molecule has 19 heavy (non-hydrogen) atoms. The van der Waals surface area contributed by atoms with Gasteiger partial charge in [-0.25, -0.2) is 0 Å². The zero-order valence-corrected chi connectivity index (χ0v) is 11.9. The Kier molecular flexibility index (Phi) is 4.56. The van der Waals surface area contributed by atoms with Crippen molar-refractivity contribution in [1.82, 2.24) is 10.2 Å². The summed E-state index contributed by atoms with van der Waals surface area (Å²) in [5.74, 6) is 0.953. The van der Waals surface area contributed by atoms with Crippen LogP contribution in [0.4, 0.5) is 0 Å². The van der Waals surface area contributed by atoms with Crippen LogP contribution >= 0.6 is 0 Å². The Morgan fingerprint density at radius 3 is 2.95 bits per heavy atom. The first kappa shape index (κ1) is 14.0. The summed E-state index contributed by atoms with van der Waals surface area (Å²) in [5.41, 5.74) is 1.84. The summed E-state index contributed by atoms with van der Waals surface area (Å²) < 4.78 is 5.39. The van der Waals surface area contributed by atoms with Crippen molar-refractivity contribution in [3.05, 3.63) is 29.3 Å². The molecule has 1 aromatic rings. The molecule has 1 fully saturated rings. The Hall–Kier alpha value is -1.39. The van der Waals surface area contributed by atoms with E-state index in [1.165, 1.54) is 0 Å². The molecule has 1 N–H and O–H groups in total. The summed E-state index contributed by atoms with van der Waals surface area (Å²) in [6.45, 7) is 7.67. The quantitative estimate of drug-likeness (QED) is 0.839. The second-order valence-electron chi connectivity index (χ2n) is 5.17. The molecule has 1 heterocycles. The van der Waals surface area contributed by atoms with E-state index in [-0.39, 0.29) is 5.78 Å². The summed E-state index contributed by atoms with van der Waals surface area (Å²) in [6.07, 6.45) is 0. The largest absolute Gasteiger partial charge is 0.496 e. The number of piperazine rings is 1. The van der Waals surface area contributed by atoms with Crippen molar-refractivity contribution in [2.45, 2.75) is 26.4 Å². The number of carbonyl (C=O) groups is 1. The maximum Gasteiger partial charge on any atom is 0.159 e. The number of hydrogen-bond donors (Lipinski definition) is 1. The fourth-order valence-electron chi connectivity index (χ4n) is 2.52. The van der Waals surface area contributed by atoms with Crippen molar-refractivity contribution in [3.8, 4) is 5.75 Å². The van der Waals surface area contributed by atoms with Gasteiger partial charge in [0.2, 0.25) is 0 Å². The van der Waals surface area contributed by atoms with Gasteiger partial charge in [-0.15, -0.1) is 0 Å². The van der Waals surface area contributed by atoms with Crippen LogP contribution in [-0.2, 0) is 6.54 Å². The predicted octanol–water partition coefficient (Wildman–Crippen LogP) is 1.69. The maximum atomic E-state index is 11.5. The lowest BCUT2D eigenvalue weighted by molar-refractivity contribution is 0.101. The number of rotatable bonds is 4. The van der Waals surface area contributed by atoms with Crippen LogP contribution in [0.25, 0.3) is 0 Å². The third-order valence-electron chi connectivity index (χ3n) is 3.53. The first-order chi connectivity index (χ1) is 9.10. The zero-order chi connectivity index (χ0) is 13.8. The molecule has 4 nitrogen and oxygen atoms in total. The van der Waals surface area contributed by atoms with Gasteiger partial charge in [-0.05, 0) is 32.0 Å². The van der Waals surface area contributed by atoms with E-state index < -0.39 is 0 Å². The molecule has 0 radical (unpaired) electrons. The van der Waals surface area contributed by atoms with Crippen molar-refractivity contribution in [2.75, 3.05) is 26.7 Å². The first-order valence-corrected chi connectivity index (χ1v) is 6.73. The lowest BCUT2D eigenvalue weighted by Gasteiger charge is -2.32. The number of methoxy groups -OCH3 is 1. The maximum absolute atomic E-state index is 11.5. The minimum absolute atomic E-state index is 0.0950. The van der Waals surface area contributed by atoms with E-state index in [1.807, 2.05) is 18.2 Å². The summed E-state index contributed by atoms with van der Waals surface area (Å²) in [4.78, 5) is 13.9. The molecule has 1 aliphatic heterocycles. The molecule has 1 saturated heterocycles. The van der Waals surface area contributed by atoms with E-state index in [9.17, 15) is 4.79 Å². The molecule has 0 amide bonds. The third kappa shape index (κ3) is 3.55. The van der Waals surface area contributed by atoms with E-state index in [2.05, 4.69) is 17.1 Å². The molecule has 1 atom stereocenters. The van der Waals surface area contributed by atoms with Crippen LogP contribution in [0.1, 0.15) is 29.8 Å². The minimum Gasteiger partial charge on any atom is -0.496 e. The molecular weight excluding hydrogens is 240 g/mol. The molecule has 4 heteroatoms. The summed E-state index contributed by atoms with van der Waals surface area (Å²) in [7, 11) is 1.67. The highest BCUT2D eigenvalue weighted by Gasteiger charge is 2.17. The Labute approximate surface area is 114 Å².